The number of carbonyl (C=O) groups is 1. The van der Waals surface area contributed by atoms with Crippen LogP contribution in [0.5, 0.6) is 0 Å². The van der Waals surface area contributed by atoms with Crippen LogP contribution in [0.3, 0.4) is 0 Å². The van der Waals surface area contributed by atoms with Gasteiger partial charge in [-0.25, -0.2) is 13.6 Å². The maximum Gasteiger partial charge on any atom is 0.414 e. The van der Waals surface area contributed by atoms with E-state index in [1.807, 2.05) is 31.2 Å². The number of hydrogen-bond donors (Lipinski definition) is 0. The molecule has 3 aliphatic heterocycles. The van der Waals surface area contributed by atoms with Crippen LogP contribution in [-0.4, -0.2) is 36.7 Å². The van der Waals surface area contributed by atoms with Gasteiger partial charge in [-0.15, -0.1) is 0 Å². The molecule has 28 heavy (non-hydrogen) atoms. The van der Waals surface area contributed by atoms with Gasteiger partial charge < -0.3 is 4.74 Å². The van der Waals surface area contributed by atoms with Crippen molar-refractivity contribution in [2.24, 2.45) is 5.92 Å². The summed E-state index contributed by atoms with van der Waals surface area (Å²) in [6.07, 6.45) is 1.53. The quantitative estimate of drug-likeness (QED) is 0.775. The number of aryl methyl sites for hydroxylation is 1. The Bertz CT molecular complexity index is 865. The van der Waals surface area contributed by atoms with Gasteiger partial charge in [0.25, 0.3) is 0 Å². The summed E-state index contributed by atoms with van der Waals surface area (Å²) in [4.78, 5) is 16.9. The molecule has 1 atom stereocenters. The van der Waals surface area contributed by atoms with E-state index in [-0.39, 0.29) is 12.6 Å². The number of rotatable bonds is 4. The zero-order valence-electron chi connectivity index (χ0n) is 15.9. The second kappa shape index (κ2) is 7.87. The number of nitrogens with zero attached hydrogens (tertiary/aromatic N) is 2. The van der Waals surface area contributed by atoms with E-state index in [9.17, 15) is 13.6 Å². The third kappa shape index (κ3) is 4.02. The fraction of sp³-hybridized carbons (Fsp3) is 0.409. The molecule has 4 nitrogen and oxygen atoms in total. The van der Waals surface area contributed by atoms with E-state index < -0.39 is 17.7 Å². The van der Waals surface area contributed by atoms with Gasteiger partial charge in [-0.05, 0) is 74.2 Å². The molecule has 2 aromatic rings. The lowest BCUT2D eigenvalue weighted by Crippen LogP contribution is -2.53. The molecule has 3 aliphatic rings. The van der Waals surface area contributed by atoms with E-state index in [4.69, 9.17) is 4.74 Å². The van der Waals surface area contributed by atoms with Gasteiger partial charge in [-0.3, -0.25) is 9.80 Å². The number of anilines is 1. The van der Waals surface area contributed by atoms with Crippen LogP contribution in [0, 0.1) is 24.5 Å². The number of benzene rings is 2. The summed E-state index contributed by atoms with van der Waals surface area (Å²) >= 11 is 0. The molecule has 0 aromatic heterocycles. The largest absolute Gasteiger partial charge is 0.444 e. The molecule has 0 N–H and O–H groups in total. The van der Waals surface area contributed by atoms with E-state index in [0.29, 0.717) is 17.2 Å². The number of carbonyl (C=O) groups excluding carboxylic acids is 1. The number of fused-ring (bicyclic) bond motifs is 3. The van der Waals surface area contributed by atoms with Gasteiger partial charge in [0.05, 0.1) is 6.54 Å². The van der Waals surface area contributed by atoms with Crippen LogP contribution < -0.4 is 4.90 Å². The highest BCUT2D eigenvalue weighted by Gasteiger charge is 2.37. The second-order valence-electron chi connectivity index (χ2n) is 7.73. The molecule has 3 heterocycles. The van der Waals surface area contributed by atoms with Crippen LogP contribution in [0.15, 0.2) is 42.5 Å². The molecule has 6 heteroatoms. The van der Waals surface area contributed by atoms with Crippen molar-refractivity contribution in [3.05, 3.63) is 65.2 Å². The van der Waals surface area contributed by atoms with Gasteiger partial charge in [0, 0.05) is 12.2 Å². The maximum absolute atomic E-state index is 13.7. The standard InChI is InChI=1S/C22H24F2N2O2/c1-15-3-2-4-18(11-15)26(13-16-5-6-19(23)20(24)12-16)22(27)28-21-14-25-9-7-17(21)8-10-25/h2-6,11-12,17,21H,7-10,13-14H2,1H3/t21-/m0/s1. The monoisotopic (exact) mass is 386 g/mol. The number of amides is 1. The summed E-state index contributed by atoms with van der Waals surface area (Å²) in [6, 6.07) is 11.2. The average molecular weight is 386 g/mol. The molecule has 5 rings (SSSR count). The van der Waals surface area contributed by atoms with E-state index in [0.717, 1.165) is 50.2 Å². The zero-order chi connectivity index (χ0) is 19.7. The van der Waals surface area contributed by atoms with Crippen molar-refractivity contribution in [2.75, 3.05) is 24.5 Å². The summed E-state index contributed by atoms with van der Waals surface area (Å²) in [5.74, 6) is -1.43. The van der Waals surface area contributed by atoms with E-state index in [2.05, 4.69) is 4.90 Å². The average Bonchev–Trinajstić information content (AvgIpc) is 2.69. The number of halogens is 2. The zero-order valence-corrected chi connectivity index (χ0v) is 15.9. The minimum absolute atomic E-state index is 0.112. The number of ether oxygens (including phenoxy) is 1. The molecule has 0 aliphatic carbocycles. The van der Waals surface area contributed by atoms with Gasteiger partial charge in [0.2, 0.25) is 0 Å². The van der Waals surface area contributed by atoms with Crippen LogP contribution in [0.1, 0.15) is 24.0 Å². The lowest BCUT2D eigenvalue weighted by atomic mass is 9.86. The topological polar surface area (TPSA) is 32.8 Å². The first-order valence-electron chi connectivity index (χ1n) is 9.71. The highest BCUT2D eigenvalue weighted by Crippen LogP contribution is 2.31. The lowest BCUT2D eigenvalue weighted by Gasteiger charge is -2.44. The third-order valence-electron chi connectivity index (χ3n) is 5.71. The summed E-state index contributed by atoms with van der Waals surface area (Å²) < 4.78 is 32.8. The lowest BCUT2D eigenvalue weighted by molar-refractivity contribution is -0.0311. The molecule has 1 amide bonds. The van der Waals surface area contributed by atoms with E-state index in [1.165, 1.54) is 11.0 Å². The van der Waals surface area contributed by atoms with Crippen LogP contribution in [0.4, 0.5) is 19.3 Å². The first kappa shape index (κ1) is 18.9. The molecule has 0 spiro atoms. The van der Waals surface area contributed by atoms with Gasteiger partial charge in [0.1, 0.15) is 6.10 Å². The molecule has 3 fully saturated rings. The third-order valence-corrected chi connectivity index (χ3v) is 5.71. The van der Waals surface area contributed by atoms with Crippen molar-refractivity contribution in [3.8, 4) is 0 Å². The molecular weight excluding hydrogens is 362 g/mol. The first-order valence-corrected chi connectivity index (χ1v) is 9.71. The van der Waals surface area contributed by atoms with Crippen LogP contribution >= 0.6 is 0 Å². The smallest absolute Gasteiger partial charge is 0.414 e. The maximum atomic E-state index is 13.7. The Hall–Kier alpha value is -2.47. The molecule has 0 saturated carbocycles. The number of hydrogen-bond acceptors (Lipinski definition) is 3. The summed E-state index contributed by atoms with van der Waals surface area (Å²) in [7, 11) is 0. The summed E-state index contributed by atoms with van der Waals surface area (Å²) in [6.45, 7) is 4.95. The van der Waals surface area contributed by atoms with Crippen molar-refractivity contribution in [3.63, 3.8) is 0 Å². The van der Waals surface area contributed by atoms with Gasteiger partial charge in [0.15, 0.2) is 11.6 Å². The highest BCUT2D eigenvalue weighted by molar-refractivity contribution is 5.87. The first-order chi connectivity index (χ1) is 13.5. The second-order valence-corrected chi connectivity index (χ2v) is 7.73. The van der Waals surface area contributed by atoms with Gasteiger partial charge in [-0.2, -0.15) is 0 Å². The van der Waals surface area contributed by atoms with Crippen molar-refractivity contribution in [1.82, 2.24) is 4.90 Å². The van der Waals surface area contributed by atoms with Crippen LogP contribution in [-0.2, 0) is 11.3 Å². The Morgan fingerprint density at radius 2 is 1.93 bits per heavy atom. The van der Waals surface area contributed by atoms with Crippen molar-refractivity contribution in [2.45, 2.75) is 32.4 Å². The molecule has 0 unspecified atom stereocenters. The van der Waals surface area contributed by atoms with E-state index in [1.54, 1.807) is 0 Å². The number of piperidine rings is 3. The Labute approximate surface area is 163 Å². The van der Waals surface area contributed by atoms with E-state index >= 15 is 0 Å². The fourth-order valence-corrected chi connectivity index (χ4v) is 4.12. The summed E-state index contributed by atoms with van der Waals surface area (Å²) in [5.41, 5.74) is 2.19. The predicted molar refractivity (Wildman–Crippen MR) is 103 cm³/mol. The predicted octanol–water partition coefficient (Wildman–Crippen LogP) is 4.51. The molecule has 2 aromatic carbocycles. The Kier molecular flexibility index (Phi) is 5.31. The van der Waals surface area contributed by atoms with Gasteiger partial charge >= 0.3 is 6.09 Å². The van der Waals surface area contributed by atoms with Crippen LogP contribution in [0.2, 0.25) is 0 Å². The van der Waals surface area contributed by atoms with Crippen LogP contribution in [0.25, 0.3) is 0 Å². The highest BCUT2D eigenvalue weighted by atomic mass is 19.2. The molecule has 0 radical (unpaired) electrons. The minimum atomic E-state index is -0.924. The molecule has 2 bridgehead atoms. The minimum Gasteiger partial charge on any atom is -0.444 e. The van der Waals surface area contributed by atoms with Crippen molar-refractivity contribution in [1.29, 1.82) is 0 Å². The van der Waals surface area contributed by atoms with Gasteiger partial charge in [-0.1, -0.05) is 18.2 Å². The molecular formula is C22H24F2N2O2. The Morgan fingerprint density at radius 3 is 2.57 bits per heavy atom. The van der Waals surface area contributed by atoms with Crippen molar-refractivity contribution >= 4 is 11.8 Å². The molecule has 3 saturated heterocycles. The van der Waals surface area contributed by atoms with Crippen molar-refractivity contribution < 1.29 is 18.3 Å². The Morgan fingerprint density at radius 1 is 1.14 bits per heavy atom. The normalized spacial score (nSPS) is 23.5. The fourth-order valence-electron chi connectivity index (χ4n) is 4.12. The summed E-state index contributed by atoms with van der Waals surface area (Å²) in [5, 5.41) is 0. The molecule has 148 valence electrons. The SMILES string of the molecule is Cc1cccc(N(Cc2ccc(F)c(F)c2)C(=O)O[C@H]2CN3CCC2CC3)c1. The Balaban J connectivity index is 1.57.